The Labute approximate surface area is 383 Å². The van der Waals surface area contributed by atoms with Crippen molar-refractivity contribution >= 4 is 11.9 Å². The predicted molar refractivity (Wildman–Crippen MR) is 270 cm³/mol. The third-order valence-corrected chi connectivity index (χ3v) is 10.6. The fourth-order valence-electron chi connectivity index (χ4n) is 6.80. The minimum atomic E-state index is -0.563. The molecule has 5 heteroatoms. The van der Waals surface area contributed by atoms with E-state index in [1.54, 1.807) is 0 Å². The molecule has 1 atom stereocenters. The van der Waals surface area contributed by atoms with Crippen LogP contribution in [0.25, 0.3) is 0 Å². The van der Waals surface area contributed by atoms with Gasteiger partial charge in [0.15, 0.2) is 6.10 Å². The van der Waals surface area contributed by atoms with E-state index in [9.17, 15) is 9.59 Å². The van der Waals surface area contributed by atoms with Crippen LogP contribution >= 0.6 is 0 Å². The monoisotopic (exact) mass is 861 g/mol. The molecule has 0 radical (unpaired) electrons. The molecule has 0 spiro atoms. The third kappa shape index (κ3) is 49.5. The van der Waals surface area contributed by atoms with Gasteiger partial charge in [0.05, 0.1) is 6.61 Å². The van der Waals surface area contributed by atoms with Crippen molar-refractivity contribution in [1.82, 2.24) is 0 Å². The van der Waals surface area contributed by atoms with Crippen LogP contribution in [0.5, 0.6) is 0 Å². The normalized spacial score (nSPS) is 13.0. The number of carbonyl (C=O) groups excluding carboxylic acids is 2. The van der Waals surface area contributed by atoms with Gasteiger partial charge >= 0.3 is 11.9 Å². The Hall–Kier alpha value is -3.18. The molecule has 0 fully saturated rings. The molecule has 1 unspecified atom stereocenters. The van der Waals surface area contributed by atoms with Crippen LogP contribution in [0.4, 0.5) is 0 Å². The van der Waals surface area contributed by atoms with Gasteiger partial charge in [0.2, 0.25) is 0 Å². The molecule has 0 rings (SSSR count). The first-order chi connectivity index (χ1) is 30.6. The van der Waals surface area contributed by atoms with Crippen molar-refractivity contribution in [3.8, 4) is 0 Å². The molecule has 0 aliphatic heterocycles. The SMILES string of the molecule is CC/C=C\C/C=C\C/C=C\C/C=C\CCCCCCCCC(=O)OCC(COCCCCCC/C=C\C/C=C\C/C=C\CC)OC(=O)CCCCCCC/C=C\CCCCCC. The van der Waals surface area contributed by atoms with Crippen LogP contribution < -0.4 is 0 Å². The molecule has 0 heterocycles. The zero-order valence-electron chi connectivity index (χ0n) is 40.6. The van der Waals surface area contributed by atoms with Gasteiger partial charge < -0.3 is 14.2 Å². The predicted octanol–water partition coefficient (Wildman–Crippen LogP) is 17.5. The van der Waals surface area contributed by atoms with Crippen LogP contribution in [0.3, 0.4) is 0 Å². The average Bonchev–Trinajstić information content (AvgIpc) is 3.27. The van der Waals surface area contributed by atoms with E-state index in [1.165, 1.54) is 77.0 Å². The van der Waals surface area contributed by atoms with E-state index in [-0.39, 0.29) is 25.2 Å². The fraction of sp³-hybridized carbons (Fsp3) is 0.684. The van der Waals surface area contributed by atoms with Crippen molar-refractivity contribution in [3.63, 3.8) is 0 Å². The van der Waals surface area contributed by atoms with E-state index in [2.05, 4.69) is 118 Å². The Morgan fingerprint density at radius 1 is 0.371 bits per heavy atom. The summed E-state index contributed by atoms with van der Waals surface area (Å²) in [6.07, 6.45) is 69.8. The van der Waals surface area contributed by atoms with Crippen LogP contribution in [-0.2, 0) is 23.8 Å². The minimum Gasteiger partial charge on any atom is -0.462 e. The number of rotatable bonds is 46. The molecule has 62 heavy (non-hydrogen) atoms. The minimum absolute atomic E-state index is 0.0605. The summed E-state index contributed by atoms with van der Waals surface area (Å²) >= 11 is 0. The van der Waals surface area contributed by atoms with Crippen molar-refractivity contribution in [2.45, 2.75) is 232 Å². The van der Waals surface area contributed by atoms with Gasteiger partial charge in [-0.2, -0.15) is 0 Å². The van der Waals surface area contributed by atoms with Crippen molar-refractivity contribution in [1.29, 1.82) is 0 Å². The molecule has 0 saturated heterocycles. The Balaban J connectivity index is 4.33. The van der Waals surface area contributed by atoms with Gasteiger partial charge in [-0.1, -0.05) is 195 Å². The zero-order chi connectivity index (χ0) is 44.9. The molecule has 5 nitrogen and oxygen atoms in total. The lowest BCUT2D eigenvalue weighted by Crippen LogP contribution is -2.30. The van der Waals surface area contributed by atoms with Gasteiger partial charge in [0.1, 0.15) is 6.61 Å². The standard InChI is InChI=1S/C57H96O5/c1-4-7-10-13-16-19-22-25-27-28-29-30-31-33-35-38-41-44-47-50-56(58)61-54-55(53-60-52-49-46-43-40-37-34-26-23-20-17-14-11-8-5-2)62-57(59)51-48-45-42-39-36-32-24-21-18-15-12-9-6-3/h7-8,10-11,16-17,19-21,24-27,29-30,34,55H,4-6,9,12-15,18,22-23,28,31-33,35-54H2,1-3H3/b10-7-,11-8-,19-16-,20-17-,24-21-,27-25-,30-29-,34-26-. The summed E-state index contributed by atoms with van der Waals surface area (Å²) in [5, 5.41) is 0. The average molecular weight is 861 g/mol. The highest BCUT2D eigenvalue weighted by Gasteiger charge is 2.17. The van der Waals surface area contributed by atoms with Gasteiger partial charge in [-0.3, -0.25) is 9.59 Å². The number of allylic oxidation sites excluding steroid dienone is 16. The first kappa shape index (κ1) is 58.8. The van der Waals surface area contributed by atoms with Crippen LogP contribution in [0, 0.1) is 0 Å². The van der Waals surface area contributed by atoms with Crippen molar-refractivity contribution in [3.05, 3.63) is 97.2 Å². The number of ether oxygens (including phenoxy) is 3. The fourth-order valence-corrected chi connectivity index (χ4v) is 6.80. The molecule has 0 bridgehead atoms. The third-order valence-electron chi connectivity index (χ3n) is 10.6. The molecule has 0 amide bonds. The maximum atomic E-state index is 12.8. The smallest absolute Gasteiger partial charge is 0.306 e. The summed E-state index contributed by atoms with van der Waals surface area (Å²) in [6, 6.07) is 0. The largest absolute Gasteiger partial charge is 0.462 e. The maximum absolute atomic E-state index is 12.8. The van der Waals surface area contributed by atoms with Crippen molar-refractivity contribution in [2.75, 3.05) is 19.8 Å². The molecule has 0 N–H and O–H groups in total. The van der Waals surface area contributed by atoms with E-state index in [1.807, 2.05) is 0 Å². The van der Waals surface area contributed by atoms with Crippen molar-refractivity contribution in [2.24, 2.45) is 0 Å². The second-order valence-electron chi connectivity index (χ2n) is 16.7. The summed E-state index contributed by atoms with van der Waals surface area (Å²) in [5.41, 5.74) is 0. The topological polar surface area (TPSA) is 61.8 Å². The number of esters is 2. The van der Waals surface area contributed by atoms with Gasteiger partial charge in [0, 0.05) is 19.4 Å². The molecular weight excluding hydrogens is 765 g/mol. The Kier molecular flexibility index (Phi) is 49.5. The van der Waals surface area contributed by atoms with Crippen LogP contribution in [0.2, 0.25) is 0 Å². The summed E-state index contributed by atoms with van der Waals surface area (Å²) < 4.78 is 17.4. The van der Waals surface area contributed by atoms with Crippen LogP contribution in [0.1, 0.15) is 226 Å². The Morgan fingerprint density at radius 3 is 1.18 bits per heavy atom. The van der Waals surface area contributed by atoms with Crippen LogP contribution in [-0.4, -0.2) is 37.9 Å². The number of unbranched alkanes of at least 4 members (excludes halogenated alkanes) is 19. The van der Waals surface area contributed by atoms with E-state index in [4.69, 9.17) is 14.2 Å². The summed E-state index contributed by atoms with van der Waals surface area (Å²) in [6.45, 7) is 7.51. The first-order valence-electron chi connectivity index (χ1n) is 25.8. The molecular formula is C57H96O5. The van der Waals surface area contributed by atoms with E-state index in [0.717, 1.165) is 116 Å². The van der Waals surface area contributed by atoms with Gasteiger partial charge in [0.25, 0.3) is 0 Å². The quantitative estimate of drug-likeness (QED) is 0.0347. The molecule has 0 aliphatic rings. The highest BCUT2D eigenvalue weighted by atomic mass is 16.6. The first-order valence-corrected chi connectivity index (χ1v) is 25.8. The van der Waals surface area contributed by atoms with Crippen LogP contribution in [0.15, 0.2) is 97.2 Å². The highest BCUT2D eigenvalue weighted by molar-refractivity contribution is 5.70. The molecule has 0 aliphatic carbocycles. The number of hydrogen-bond donors (Lipinski definition) is 0. The second-order valence-corrected chi connectivity index (χ2v) is 16.7. The maximum Gasteiger partial charge on any atom is 0.306 e. The molecule has 0 saturated carbocycles. The number of hydrogen-bond acceptors (Lipinski definition) is 5. The molecule has 354 valence electrons. The molecule has 0 aromatic carbocycles. The van der Waals surface area contributed by atoms with E-state index >= 15 is 0 Å². The van der Waals surface area contributed by atoms with E-state index < -0.39 is 6.10 Å². The zero-order valence-corrected chi connectivity index (χ0v) is 40.6. The summed E-state index contributed by atoms with van der Waals surface area (Å²) in [5.74, 6) is -0.439. The van der Waals surface area contributed by atoms with Gasteiger partial charge in [-0.25, -0.2) is 0 Å². The lowest BCUT2D eigenvalue weighted by Gasteiger charge is -2.18. The summed E-state index contributed by atoms with van der Waals surface area (Å²) in [4.78, 5) is 25.4. The van der Waals surface area contributed by atoms with E-state index in [0.29, 0.717) is 19.4 Å². The summed E-state index contributed by atoms with van der Waals surface area (Å²) in [7, 11) is 0. The van der Waals surface area contributed by atoms with Gasteiger partial charge in [-0.05, 0) is 116 Å². The lowest BCUT2D eigenvalue weighted by atomic mass is 10.1. The Morgan fingerprint density at radius 2 is 0.726 bits per heavy atom. The molecule has 0 aromatic rings. The second kappa shape index (κ2) is 52.2. The van der Waals surface area contributed by atoms with Crippen molar-refractivity contribution < 1.29 is 23.8 Å². The lowest BCUT2D eigenvalue weighted by molar-refractivity contribution is -0.163. The molecule has 0 aromatic heterocycles. The number of carbonyl (C=O) groups is 2. The Bertz CT molecular complexity index is 1200. The highest BCUT2D eigenvalue weighted by Crippen LogP contribution is 2.13. The van der Waals surface area contributed by atoms with Gasteiger partial charge in [-0.15, -0.1) is 0 Å².